The van der Waals surface area contributed by atoms with Crippen LogP contribution < -0.4 is 0 Å². The quantitative estimate of drug-likeness (QED) is 0.759. The van der Waals surface area contributed by atoms with E-state index in [1.165, 1.54) is 24.8 Å². The molecule has 2 aromatic rings. The molecule has 1 aromatic heterocycles. The summed E-state index contributed by atoms with van der Waals surface area (Å²) in [5.74, 6) is 0. The highest BCUT2D eigenvalue weighted by molar-refractivity contribution is 5.91. The number of fused-ring (bicyclic) bond motifs is 1. The van der Waals surface area contributed by atoms with Gasteiger partial charge in [0.25, 0.3) is 0 Å². The highest BCUT2D eigenvalue weighted by atomic mass is 16.5. The molecule has 3 rings (SSSR count). The molecule has 1 aliphatic rings. The number of likely N-dealkylation sites (N-methyl/N-ethyl adjacent to an activating group) is 1. The molecule has 0 saturated carbocycles. The maximum atomic E-state index is 12.6. The maximum Gasteiger partial charge on any atom is 0.418 e. The van der Waals surface area contributed by atoms with Gasteiger partial charge in [-0.3, -0.25) is 9.47 Å². The second-order valence-corrected chi connectivity index (χ2v) is 7.11. The summed E-state index contributed by atoms with van der Waals surface area (Å²) >= 11 is 0. The van der Waals surface area contributed by atoms with Crippen LogP contribution in [0.4, 0.5) is 4.79 Å². The Morgan fingerprint density at radius 3 is 2.52 bits per heavy atom. The molecule has 1 saturated heterocycles. The molecule has 0 unspecified atom stereocenters. The van der Waals surface area contributed by atoms with Gasteiger partial charge in [0.1, 0.15) is 6.61 Å². The molecule has 5 heteroatoms. The van der Waals surface area contributed by atoms with Crippen molar-refractivity contribution >= 4 is 17.0 Å². The number of ether oxygens (including phenoxy) is 1. The Morgan fingerprint density at radius 1 is 1.11 bits per heavy atom. The summed E-state index contributed by atoms with van der Waals surface area (Å²) in [6.07, 6.45) is 6.42. The van der Waals surface area contributed by atoms with Crippen molar-refractivity contribution < 1.29 is 9.53 Å². The van der Waals surface area contributed by atoms with E-state index in [0.29, 0.717) is 6.61 Å². The van der Waals surface area contributed by atoms with Crippen LogP contribution in [0.1, 0.15) is 38.7 Å². The Balaban J connectivity index is 0.00000126. The number of hydrogen-bond acceptors (Lipinski definition) is 4. The number of carbonyl (C=O) groups excluding carboxylic acids is 1. The third kappa shape index (κ3) is 6.08. The first kappa shape index (κ1) is 21.5. The van der Waals surface area contributed by atoms with Crippen molar-refractivity contribution in [1.29, 1.82) is 0 Å². The van der Waals surface area contributed by atoms with E-state index >= 15 is 0 Å². The van der Waals surface area contributed by atoms with E-state index < -0.39 is 0 Å². The van der Waals surface area contributed by atoms with Crippen LogP contribution >= 0.6 is 0 Å². The van der Waals surface area contributed by atoms with E-state index in [2.05, 4.69) is 30.0 Å². The summed E-state index contributed by atoms with van der Waals surface area (Å²) in [7, 11) is 4.13. The molecule has 0 spiro atoms. The molecule has 0 radical (unpaired) electrons. The van der Waals surface area contributed by atoms with E-state index in [0.717, 1.165) is 43.5 Å². The largest absolute Gasteiger partial charge is 0.448 e. The van der Waals surface area contributed by atoms with Gasteiger partial charge in [0.2, 0.25) is 0 Å². The Kier molecular flexibility index (Phi) is 8.82. The van der Waals surface area contributed by atoms with Gasteiger partial charge in [-0.15, -0.1) is 0 Å². The molecule has 5 nitrogen and oxygen atoms in total. The van der Waals surface area contributed by atoms with Crippen molar-refractivity contribution in [2.45, 2.75) is 39.5 Å². The molecule has 1 aromatic carbocycles. The van der Waals surface area contributed by atoms with Gasteiger partial charge in [-0.1, -0.05) is 38.5 Å². The van der Waals surface area contributed by atoms with E-state index in [4.69, 9.17) is 4.74 Å². The number of nitrogens with zero attached hydrogens (tertiary/aromatic N) is 3. The van der Waals surface area contributed by atoms with E-state index in [1.807, 2.05) is 38.2 Å². The second kappa shape index (κ2) is 11.1. The van der Waals surface area contributed by atoms with Crippen LogP contribution in [0.15, 0.2) is 30.5 Å². The Labute approximate surface area is 163 Å². The van der Waals surface area contributed by atoms with E-state index in [1.54, 1.807) is 4.57 Å². The van der Waals surface area contributed by atoms with Crippen LogP contribution in [0, 0.1) is 0 Å². The Hall–Kier alpha value is -1.85. The standard InChI is InChI=1S/C20H29N3O2.C2H6/c1-21(2)13-10-17-16-23(19-9-5-4-8-18(17)19)20(24)25-15-14-22-11-6-3-7-12-22;1-2/h4-5,8-9,16H,3,6-7,10-15H2,1-2H3;1-2H3. The number of rotatable bonds is 6. The zero-order valence-electron chi connectivity index (χ0n) is 17.4. The number of piperidine rings is 1. The average Bonchev–Trinajstić information content (AvgIpc) is 3.08. The lowest BCUT2D eigenvalue weighted by Crippen LogP contribution is -2.33. The smallest absolute Gasteiger partial charge is 0.418 e. The van der Waals surface area contributed by atoms with E-state index in [9.17, 15) is 4.79 Å². The van der Waals surface area contributed by atoms with Crippen LogP contribution in [0.5, 0.6) is 0 Å². The first-order chi connectivity index (χ1) is 13.1. The molecule has 27 heavy (non-hydrogen) atoms. The van der Waals surface area contributed by atoms with Gasteiger partial charge >= 0.3 is 6.09 Å². The predicted molar refractivity (Wildman–Crippen MR) is 113 cm³/mol. The van der Waals surface area contributed by atoms with Gasteiger partial charge in [-0.2, -0.15) is 0 Å². The van der Waals surface area contributed by atoms with Crippen molar-refractivity contribution in [3.8, 4) is 0 Å². The molecule has 0 aliphatic carbocycles. The fourth-order valence-corrected chi connectivity index (χ4v) is 3.46. The Morgan fingerprint density at radius 2 is 1.81 bits per heavy atom. The number of likely N-dealkylation sites (tertiary alicyclic amines) is 1. The topological polar surface area (TPSA) is 37.7 Å². The number of benzene rings is 1. The molecule has 150 valence electrons. The third-order valence-electron chi connectivity index (χ3n) is 4.90. The van der Waals surface area contributed by atoms with Gasteiger partial charge in [0.15, 0.2) is 0 Å². The molecule has 2 heterocycles. The van der Waals surface area contributed by atoms with Crippen molar-refractivity contribution in [2.75, 3.05) is 46.9 Å². The van der Waals surface area contributed by atoms with Gasteiger partial charge in [0, 0.05) is 24.7 Å². The summed E-state index contributed by atoms with van der Waals surface area (Å²) in [6.45, 7) is 8.49. The van der Waals surface area contributed by atoms with Crippen LogP contribution in [-0.2, 0) is 11.2 Å². The molecule has 0 atom stereocenters. The maximum absolute atomic E-state index is 12.6. The molecule has 0 N–H and O–H groups in total. The van der Waals surface area contributed by atoms with Gasteiger partial charge < -0.3 is 9.64 Å². The minimum atomic E-state index is -0.274. The average molecular weight is 374 g/mol. The molecular weight excluding hydrogens is 338 g/mol. The first-order valence-corrected chi connectivity index (χ1v) is 10.3. The van der Waals surface area contributed by atoms with Crippen molar-refractivity contribution in [1.82, 2.24) is 14.4 Å². The van der Waals surface area contributed by atoms with Gasteiger partial charge in [0.05, 0.1) is 5.52 Å². The zero-order chi connectivity index (χ0) is 19.6. The minimum Gasteiger partial charge on any atom is -0.448 e. The minimum absolute atomic E-state index is 0.274. The highest BCUT2D eigenvalue weighted by Crippen LogP contribution is 2.22. The van der Waals surface area contributed by atoms with Crippen molar-refractivity contribution in [3.63, 3.8) is 0 Å². The van der Waals surface area contributed by atoms with Crippen molar-refractivity contribution in [3.05, 3.63) is 36.0 Å². The molecule has 0 bridgehead atoms. The monoisotopic (exact) mass is 373 g/mol. The lowest BCUT2D eigenvalue weighted by Gasteiger charge is -2.25. The first-order valence-electron chi connectivity index (χ1n) is 10.3. The van der Waals surface area contributed by atoms with Gasteiger partial charge in [-0.05, 0) is 58.1 Å². The predicted octanol–water partition coefficient (Wildman–Crippen LogP) is 4.24. The van der Waals surface area contributed by atoms with Crippen LogP contribution in [0.2, 0.25) is 0 Å². The summed E-state index contributed by atoms with van der Waals surface area (Å²) in [5, 5.41) is 1.14. The second-order valence-electron chi connectivity index (χ2n) is 7.11. The number of carbonyl (C=O) groups is 1. The normalized spacial score (nSPS) is 14.9. The van der Waals surface area contributed by atoms with Crippen molar-refractivity contribution in [2.24, 2.45) is 0 Å². The SMILES string of the molecule is CC.CN(C)CCc1cn(C(=O)OCCN2CCCCC2)c2ccccc12. The third-order valence-corrected chi connectivity index (χ3v) is 4.90. The summed E-state index contributed by atoms with van der Waals surface area (Å²) in [5.41, 5.74) is 2.12. The lowest BCUT2D eigenvalue weighted by atomic mass is 10.1. The number of hydrogen-bond donors (Lipinski definition) is 0. The lowest BCUT2D eigenvalue weighted by molar-refractivity contribution is 0.122. The number of para-hydroxylation sites is 1. The van der Waals surface area contributed by atoms with Gasteiger partial charge in [-0.25, -0.2) is 4.79 Å². The van der Waals surface area contributed by atoms with Crippen LogP contribution in [0.3, 0.4) is 0 Å². The molecule has 0 amide bonds. The fraction of sp³-hybridized carbons (Fsp3) is 0.591. The molecule has 1 aliphatic heterocycles. The number of aromatic nitrogens is 1. The molecular formula is C22H35N3O2. The van der Waals surface area contributed by atoms with Crippen LogP contribution in [0.25, 0.3) is 10.9 Å². The zero-order valence-corrected chi connectivity index (χ0v) is 17.4. The van der Waals surface area contributed by atoms with Crippen LogP contribution in [-0.4, -0.2) is 67.3 Å². The summed E-state index contributed by atoms with van der Waals surface area (Å²) < 4.78 is 7.21. The molecule has 1 fully saturated rings. The highest BCUT2D eigenvalue weighted by Gasteiger charge is 2.15. The summed E-state index contributed by atoms with van der Waals surface area (Å²) in [4.78, 5) is 17.1. The van der Waals surface area contributed by atoms with E-state index in [-0.39, 0.29) is 6.09 Å². The summed E-state index contributed by atoms with van der Waals surface area (Å²) in [6, 6.07) is 8.06. The Bertz CT molecular complexity index is 703. The fourth-order valence-electron chi connectivity index (χ4n) is 3.46.